The van der Waals surface area contributed by atoms with Crippen molar-refractivity contribution in [2.75, 3.05) is 19.5 Å². The van der Waals surface area contributed by atoms with Crippen LogP contribution >= 0.6 is 27.7 Å². The molecule has 1 rings (SSSR count). The molecule has 18 heavy (non-hydrogen) atoms. The summed E-state index contributed by atoms with van der Waals surface area (Å²) < 4.78 is 5.46. The molecule has 0 spiro atoms. The number of aliphatic hydroxyl groups excluding tert-OH is 2. The van der Waals surface area contributed by atoms with Crippen LogP contribution in [0.25, 0.3) is 0 Å². The third kappa shape index (κ3) is 4.61. The van der Waals surface area contributed by atoms with Crippen LogP contribution in [0.15, 0.2) is 22.7 Å². The molecule has 0 amide bonds. The van der Waals surface area contributed by atoms with E-state index in [0.717, 1.165) is 10.0 Å². The van der Waals surface area contributed by atoms with E-state index < -0.39 is 6.10 Å². The number of halogens is 1. The van der Waals surface area contributed by atoms with E-state index in [0.29, 0.717) is 17.1 Å². The van der Waals surface area contributed by atoms with Gasteiger partial charge in [0.15, 0.2) is 0 Å². The summed E-state index contributed by atoms with van der Waals surface area (Å²) in [4.78, 5) is 11.3. The van der Waals surface area contributed by atoms with Gasteiger partial charge in [-0.25, -0.2) is 4.79 Å². The molecule has 2 N–H and O–H groups in total. The lowest BCUT2D eigenvalue weighted by Crippen LogP contribution is -2.14. The summed E-state index contributed by atoms with van der Waals surface area (Å²) in [5.41, 5.74) is 1.52. The zero-order valence-electron chi connectivity index (χ0n) is 9.93. The van der Waals surface area contributed by atoms with Gasteiger partial charge in [0.1, 0.15) is 0 Å². The maximum atomic E-state index is 11.3. The molecule has 1 aromatic rings. The first kappa shape index (κ1) is 15.5. The van der Waals surface area contributed by atoms with Crippen LogP contribution in [-0.4, -0.2) is 41.8 Å². The molecule has 1 unspecified atom stereocenters. The Morgan fingerprint density at radius 2 is 2.28 bits per heavy atom. The molecule has 0 heterocycles. The topological polar surface area (TPSA) is 66.8 Å². The van der Waals surface area contributed by atoms with Gasteiger partial charge in [0.25, 0.3) is 0 Å². The molecular weight excluding hydrogens is 320 g/mol. The molecule has 0 aliphatic carbocycles. The summed E-state index contributed by atoms with van der Waals surface area (Å²) in [6.07, 6.45) is -0.692. The highest BCUT2D eigenvalue weighted by Crippen LogP contribution is 2.23. The number of hydrogen-bond donors (Lipinski definition) is 2. The van der Waals surface area contributed by atoms with Gasteiger partial charge in [0.2, 0.25) is 0 Å². The van der Waals surface area contributed by atoms with Gasteiger partial charge in [-0.05, 0) is 17.7 Å². The van der Waals surface area contributed by atoms with Gasteiger partial charge in [0, 0.05) is 16.0 Å². The number of esters is 1. The first-order valence-corrected chi connectivity index (χ1v) is 7.26. The largest absolute Gasteiger partial charge is 0.465 e. The normalized spacial score (nSPS) is 12.2. The molecule has 1 atom stereocenters. The third-order valence-electron chi connectivity index (χ3n) is 2.25. The van der Waals surface area contributed by atoms with E-state index in [9.17, 15) is 9.90 Å². The van der Waals surface area contributed by atoms with Crippen LogP contribution in [0.1, 0.15) is 15.9 Å². The Morgan fingerprint density at radius 1 is 1.56 bits per heavy atom. The minimum atomic E-state index is -0.692. The van der Waals surface area contributed by atoms with Crippen molar-refractivity contribution < 1.29 is 19.7 Å². The summed E-state index contributed by atoms with van der Waals surface area (Å²) in [5, 5.41) is 17.9. The van der Waals surface area contributed by atoms with Gasteiger partial charge in [-0.15, -0.1) is 0 Å². The van der Waals surface area contributed by atoms with Crippen molar-refractivity contribution in [3.8, 4) is 0 Å². The van der Waals surface area contributed by atoms with Crippen LogP contribution < -0.4 is 0 Å². The molecule has 6 heteroatoms. The van der Waals surface area contributed by atoms with Crippen molar-refractivity contribution in [2.45, 2.75) is 11.9 Å². The van der Waals surface area contributed by atoms with Crippen LogP contribution in [0.3, 0.4) is 0 Å². The number of carbonyl (C=O) groups is 1. The highest BCUT2D eigenvalue weighted by Gasteiger charge is 2.09. The monoisotopic (exact) mass is 334 g/mol. The van der Waals surface area contributed by atoms with Crippen LogP contribution in [-0.2, 0) is 10.5 Å². The molecule has 1 aromatic carbocycles. The van der Waals surface area contributed by atoms with Gasteiger partial charge >= 0.3 is 5.97 Å². The van der Waals surface area contributed by atoms with Crippen molar-refractivity contribution in [1.29, 1.82) is 0 Å². The number of methoxy groups -OCH3 is 1. The Hall–Kier alpha value is -0.560. The lowest BCUT2D eigenvalue weighted by atomic mass is 10.1. The van der Waals surface area contributed by atoms with Crippen molar-refractivity contribution in [1.82, 2.24) is 0 Å². The summed E-state index contributed by atoms with van der Waals surface area (Å²) in [7, 11) is 1.34. The van der Waals surface area contributed by atoms with Crippen molar-refractivity contribution in [2.24, 2.45) is 0 Å². The van der Waals surface area contributed by atoms with E-state index in [2.05, 4.69) is 20.7 Å². The smallest absolute Gasteiger partial charge is 0.337 e. The molecule has 0 saturated heterocycles. The van der Waals surface area contributed by atoms with Gasteiger partial charge in [0.05, 0.1) is 25.4 Å². The first-order valence-electron chi connectivity index (χ1n) is 5.32. The Labute approximate surface area is 118 Å². The lowest BCUT2D eigenvalue weighted by molar-refractivity contribution is 0.0600. The van der Waals surface area contributed by atoms with Crippen LogP contribution in [0.2, 0.25) is 0 Å². The summed E-state index contributed by atoms with van der Waals surface area (Å²) in [6, 6.07) is 5.26. The Morgan fingerprint density at radius 3 is 2.83 bits per heavy atom. The van der Waals surface area contributed by atoms with Crippen LogP contribution in [0, 0.1) is 0 Å². The molecule has 0 fully saturated rings. The standard InChI is InChI=1S/C12H15BrO4S/c1-17-12(16)8-2-3-9(11(13)4-8)6-18-7-10(15)5-14/h2-4,10,14-15H,5-7H2,1H3. The quantitative estimate of drug-likeness (QED) is 0.777. The fourth-order valence-electron chi connectivity index (χ4n) is 1.27. The number of rotatable bonds is 6. The minimum Gasteiger partial charge on any atom is -0.465 e. The number of benzene rings is 1. The maximum Gasteiger partial charge on any atom is 0.337 e. The van der Waals surface area contributed by atoms with Crippen molar-refractivity contribution in [3.63, 3.8) is 0 Å². The fourth-order valence-corrected chi connectivity index (χ4v) is 2.94. The zero-order valence-corrected chi connectivity index (χ0v) is 12.3. The van der Waals surface area contributed by atoms with Crippen molar-refractivity contribution in [3.05, 3.63) is 33.8 Å². The van der Waals surface area contributed by atoms with E-state index in [1.807, 2.05) is 6.07 Å². The second-order valence-corrected chi connectivity index (χ2v) is 5.53. The Balaban J connectivity index is 2.60. The van der Waals surface area contributed by atoms with E-state index in [1.54, 1.807) is 12.1 Å². The van der Waals surface area contributed by atoms with Crippen LogP contribution in [0.5, 0.6) is 0 Å². The first-order chi connectivity index (χ1) is 8.58. The van der Waals surface area contributed by atoms with E-state index in [-0.39, 0.29) is 12.6 Å². The molecule has 4 nitrogen and oxygen atoms in total. The number of thioether (sulfide) groups is 1. The SMILES string of the molecule is COC(=O)c1ccc(CSCC(O)CO)c(Br)c1. The fraction of sp³-hybridized carbons (Fsp3) is 0.417. The predicted molar refractivity (Wildman–Crippen MR) is 74.7 cm³/mol. The van der Waals surface area contributed by atoms with Crippen LogP contribution in [0.4, 0.5) is 0 Å². The van der Waals surface area contributed by atoms with E-state index in [4.69, 9.17) is 5.11 Å². The molecule has 0 saturated carbocycles. The zero-order chi connectivity index (χ0) is 13.5. The number of aliphatic hydroxyl groups is 2. The average Bonchev–Trinajstić information content (AvgIpc) is 2.39. The molecule has 100 valence electrons. The Kier molecular flexibility index (Phi) is 6.70. The molecule has 0 aliphatic heterocycles. The molecule has 0 radical (unpaired) electrons. The summed E-state index contributed by atoms with van der Waals surface area (Å²) >= 11 is 4.91. The third-order valence-corrected chi connectivity index (χ3v) is 4.13. The number of carbonyl (C=O) groups excluding carboxylic acids is 1. The van der Waals surface area contributed by atoms with E-state index >= 15 is 0 Å². The Bertz CT molecular complexity index is 411. The predicted octanol–water partition coefficient (Wildman–Crippen LogP) is 1.82. The lowest BCUT2D eigenvalue weighted by Gasteiger charge is -2.08. The highest BCUT2D eigenvalue weighted by atomic mass is 79.9. The van der Waals surface area contributed by atoms with Gasteiger partial charge < -0.3 is 14.9 Å². The van der Waals surface area contributed by atoms with Gasteiger partial charge in [-0.3, -0.25) is 0 Å². The second kappa shape index (κ2) is 7.78. The molecule has 0 aliphatic rings. The minimum absolute atomic E-state index is 0.227. The number of ether oxygens (including phenoxy) is 1. The highest BCUT2D eigenvalue weighted by molar-refractivity contribution is 9.10. The average molecular weight is 335 g/mol. The van der Waals surface area contributed by atoms with Crippen molar-refractivity contribution >= 4 is 33.7 Å². The molecule has 0 aromatic heterocycles. The maximum absolute atomic E-state index is 11.3. The summed E-state index contributed by atoms with van der Waals surface area (Å²) in [5.74, 6) is 0.798. The number of hydrogen-bond acceptors (Lipinski definition) is 5. The van der Waals surface area contributed by atoms with Gasteiger partial charge in [-0.1, -0.05) is 22.0 Å². The molecular formula is C12H15BrO4S. The summed E-state index contributed by atoms with van der Waals surface area (Å²) in [6.45, 7) is -0.227. The van der Waals surface area contributed by atoms with E-state index in [1.165, 1.54) is 18.9 Å². The second-order valence-electron chi connectivity index (χ2n) is 3.65. The van der Waals surface area contributed by atoms with Gasteiger partial charge in [-0.2, -0.15) is 11.8 Å². The molecule has 0 bridgehead atoms.